The molecule has 3 rings (SSSR count). The molecular weight excluding hydrogens is 256 g/mol. The zero-order chi connectivity index (χ0) is 10.3. The number of halogens is 1. The summed E-state index contributed by atoms with van der Waals surface area (Å²) in [5.74, 6) is 0.547. The zero-order valence-electron chi connectivity index (χ0n) is 8.15. The molecule has 15 heavy (non-hydrogen) atoms. The molecule has 0 aromatic carbocycles. The number of nitrogens with one attached hydrogen (secondary N) is 1. The minimum Gasteiger partial charge on any atom is -0.316 e. The van der Waals surface area contributed by atoms with Gasteiger partial charge in [-0.2, -0.15) is 5.10 Å². The van der Waals surface area contributed by atoms with Crippen molar-refractivity contribution in [3.63, 3.8) is 0 Å². The fraction of sp³-hybridized carbons (Fsp3) is 0.400. The third-order valence-electron chi connectivity index (χ3n) is 2.78. The van der Waals surface area contributed by atoms with E-state index in [1.165, 1.54) is 6.42 Å². The standard InChI is InChI=1S/C10H11BrN4/c11-8-5-13-10-3-9(14-15(10)6-8)7-1-2-12-4-7/h3,5-7,12H,1-2,4H2. The molecular formula is C10H11BrN4. The largest absolute Gasteiger partial charge is 0.316 e. The van der Waals surface area contributed by atoms with E-state index in [-0.39, 0.29) is 0 Å². The third-order valence-corrected chi connectivity index (χ3v) is 3.19. The second-order valence-electron chi connectivity index (χ2n) is 3.83. The smallest absolute Gasteiger partial charge is 0.155 e. The Morgan fingerprint density at radius 3 is 3.27 bits per heavy atom. The lowest BCUT2D eigenvalue weighted by Gasteiger charge is -2.01. The predicted molar refractivity (Wildman–Crippen MR) is 60.9 cm³/mol. The highest BCUT2D eigenvalue weighted by Crippen LogP contribution is 2.22. The van der Waals surface area contributed by atoms with Gasteiger partial charge in [0, 0.05) is 30.9 Å². The summed E-state index contributed by atoms with van der Waals surface area (Å²) in [5, 5.41) is 7.89. The molecule has 4 nitrogen and oxygen atoms in total. The highest BCUT2D eigenvalue weighted by atomic mass is 79.9. The molecule has 1 aliphatic heterocycles. The van der Waals surface area contributed by atoms with Crippen LogP contribution < -0.4 is 5.32 Å². The van der Waals surface area contributed by atoms with Gasteiger partial charge in [-0.3, -0.25) is 0 Å². The molecule has 78 valence electrons. The topological polar surface area (TPSA) is 42.2 Å². The molecule has 1 N–H and O–H groups in total. The van der Waals surface area contributed by atoms with E-state index in [2.05, 4.69) is 37.4 Å². The normalized spacial score (nSPS) is 21.3. The van der Waals surface area contributed by atoms with Crippen molar-refractivity contribution in [2.45, 2.75) is 12.3 Å². The van der Waals surface area contributed by atoms with E-state index in [0.717, 1.165) is 28.9 Å². The second-order valence-corrected chi connectivity index (χ2v) is 4.75. The Kier molecular flexibility index (Phi) is 2.21. The lowest BCUT2D eigenvalue weighted by Crippen LogP contribution is -2.08. The van der Waals surface area contributed by atoms with E-state index in [1.54, 1.807) is 6.20 Å². The maximum atomic E-state index is 4.54. The van der Waals surface area contributed by atoms with Gasteiger partial charge >= 0.3 is 0 Å². The Hall–Kier alpha value is -0.940. The first-order valence-corrected chi connectivity index (χ1v) is 5.84. The molecule has 1 fully saturated rings. The number of hydrogen-bond donors (Lipinski definition) is 1. The zero-order valence-corrected chi connectivity index (χ0v) is 9.74. The summed E-state index contributed by atoms with van der Waals surface area (Å²) < 4.78 is 2.78. The van der Waals surface area contributed by atoms with Crippen LogP contribution >= 0.6 is 15.9 Å². The molecule has 3 heterocycles. The molecule has 0 aliphatic carbocycles. The minimum atomic E-state index is 0.547. The van der Waals surface area contributed by atoms with Crippen molar-refractivity contribution < 1.29 is 0 Å². The molecule has 0 bridgehead atoms. The fourth-order valence-corrected chi connectivity index (χ4v) is 2.28. The van der Waals surface area contributed by atoms with Crippen molar-refractivity contribution in [2.24, 2.45) is 0 Å². The molecule has 0 saturated carbocycles. The Morgan fingerprint density at radius 1 is 1.53 bits per heavy atom. The highest BCUT2D eigenvalue weighted by Gasteiger charge is 2.19. The molecule has 2 aromatic rings. The minimum absolute atomic E-state index is 0.547. The van der Waals surface area contributed by atoms with E-state index < -0.39 is 0 Å². The Morgan fingerprint density at radius 2 is 2.47 bits per heavy atom. The monoisotopic (exact) mass is 266 g/mol. The van der Waals surface area contributed by atoms with Crippen LogP contribution in [0, 0.1) is 0 Å². The van der Waals surface area contributed by atoms with Crippen molar-refractivity contribution >= 4 is 21.6 Å². The number of rotatable bonds is 1. The van der Waals surface area contributed by atoms with Crippen LogP contribution in [-0.2, 0) is 0 Å². The van der Waals surface area contributed by atoms with Crippen LogP contribution in [0.4, 0.5) is 0 Å². The number of nitrogens with zero attached hydrogens (tertiary/aromatic N) is 3. The molecule has 0 radical (unpaired) electrons. The van der Waals surface area contributed by atoms with Crippen LogP contribution in [0.5, 0.6) is 0 Å². The molecule has 0 amide bonds. The van der Waals surface area contributed by atoms with Gasteiger partial charge < -0.3 is 5.32 Å². The third kappa shape index (κ3) is 1.66. The number of hydrogen-bond acceptors (Lipinski definition) is 3. The summed E-state index contributed by atoms with van der Waals surface area (Å²) in [6.07, 6.45) is 4.91. The molecule has 1 unspecified atom stereocenters. The van der Waals surface area contributed by atoms with E-state index in [0.29, 0.717) is 5.92 Å². The van der Waals surface area contributed by atoms with Crippen molar-refractivity contribution in [1.82, 2.24) is 19.9 Å². The molecule has 1 saturated heterocycles. The lowest BCUT2D eigenvalue weighted by molar-refractivity contribution is 0.717. The first kappa shape index (κ1) is 9.30. The van der Waals surface area contributed by atoms with Crippen molar-refractivity contribution in [2.75, 3.05) is 13.1 Å². The lowest BCUT2D eigenvalue weighted by atomic mass is 10.1. The van der Waals surface area contributed by atoms with Gasteiger partial charge in [-0.25, -0.2) is 9.50 Å². The van der Waals surface area contributed by atoms with Crippen molar-refractivity contribution in [1.29, 1.82) is 0 Å². The van der Waals surface area contributed by atoms with Gasteiger partial charge in [0.05, 0.1) is 10.2 Å². The maximum Gasteiger partial charge on any atom is 0.155 e. The Labute approximate surface area is 95.8 Å². The second kappa shape index (κ2) is 3.57. The summed E-state index contributed by atoms with van der Waals surface area (Å²) in [6.45, 7) is 2.13. The molecule has 2 aromatic heterocycles. The van der Waals surface area contributed by atoms with Gasteiger partial charge in [-0.15, -0.1) is 0 Å². The average molecular weight is 267 g/mol. The van der Waals surface area contributed by atoms with Crippen LogP contribution in [0.25, 0.3) is 5.65 Å². The predicted octanol–water partition coefficient (Wildman–Crippen LogP) is 1.57. The maximum absolute atomic E-state index is 4.54. The average Bonchev–Trinajstić information content (AvgIpc) is 2.84. The van der Waals surface area contributed by atoms with Gasteiger partial charge in [0.2, 0.25) is 0 Å². The van der Waals surface area contributed by atoms with E-state index in [9.17, 15) is 0 Å². The van der Waals surface area contributed by atoms with E-state index >= 15 is 0 Å². The Balaban J connectivity index is 2.05. The van der Waals surface area contributed by atoms with Gasteiger partial charge in [0.1, 0.15) is 0 Å². The highest BCUT2D eigenvalue weighted by molar-refractivity contribution is 9.10. The van der Waals surface area contributed by atoms with Gasteiger partial charge in [-0.05, 0) is 28.9 Å². The van der Waals surface area contributed by atoms with Crippen LogP contribution in [0.2, 0.25) is 0 Å². The Bertz CT molecular complexity index is 487. The van der Waals surface area contributed by atoms with Crippen LogP contribution in [0.15, 0.2) is 22.9 Å². The van der Waals surface area contributed by atoms with Crippen LogP contribution in [-0.4, -0.2) is 27.7 Å². The first-order chi connectivity index (χ1) is 7.33. The fourth-order valence-electron chi connectivity index (χ4n) is 1.98. The van der Waals surface area contributed by atoms with Crippen LogP contribution in [0.1, 0.15) is 18.0 Å². The van der Waals surface area contributed by atoms with E-state index in [4.69, 9.17) is 0 Å². The number of fused-ring (bicyclic) bond motifs is 1. The SMILES string of the molecule is Brc1cnc2cc(C3CCNC3)nn2c1. The summed E-state index contributed by atoms with van der Waals surface area (Å²) >= 11 is 3.39. The molecule has 1 atom stereocenters. The van der Waals surface area contributed by atoms with Gasteiger partial charge in [-0.1, -0.05) is 0 Å². The van der Waals surface area contributed by atoms with Gasteiger partial charge in [0.25, 0.3) is 0 Å². The molecule has 5 heteroatoms. The van der Waals surface area contributed by atoms with Crippen LogP contribution in [0.3, 0.4) is 0 Å². The summed E-state index contributed by atoms with van der Waals surface area (Å²) in [4.78, 5) is 4.31. The first-order valence-electron chi connectivity index (χ1n) is 5.04. The van der Waals surface area contributed by atoms with E-state index in [1.807, 2.05) is 10.7 Å². The quantitative estimate of drug-likeness (QED) is 0.852. The molecule has 0 spiro atoms. The number of aromatic nitrogens is 3. The van der Waals surface area contributed by atoms with Crippen molar-refractivity contribution in [3.8, 4) is 0 Å². The summed E-state index contributed by atoms with van der Waals surface area (Å²) in [5.41, 5.74) is 2.06. The van der Waals surface area contributed by atoms with Crippen molar-refractivity contribution in [3.05, 3.63) is 28.6 Å². The summed E-state index contributed by atoms with van der Waals surface area (Å²) in [7, 11) is 0. The van der Waals surface area contributed by atoms with Gasteiger partial charge in [0.15, 0.2) is 5.65 Å². The molecule has 1 aliphatic rings. The summed E-state index contributed by atoms with van der Waals surface area (Å²) in [6, 6.07) is 2.07.